The number of anilines is 1. The number of halogens is 1. The second kappa shape index (κ2) is 8.84. The zero-order valence-electron chi connectivity index (χ0n) is 15.9. The minimum Gasteiger partial charge on any atom is -0.326 e. The van der Waals surface area contributed by atoms with Gasteiger partial charge >= 0.3 is 0 Å². The Labute approximate surface area is 165 Å². The number of carbonyl (C=O) groups excluding carboxylic acids is 1. The first-order valence-electron chi connectivity index (χ1n) is 9.50. The molecule has 1 aliphatic heterocycles. The number of carbonyl (C=O) groups is 1. The van der Waals surface area contributed by atoms with E-state index in [1.165, 1.54) is 28.6 Å². The van der Waals surface area contributed by atoms with E-state index in [4.69, 9.17) is 0 Å². The number of sulfonamides is 1. The smallest absolute Gasteiger partial charge is 0.227 e. The van der Waals surface area contributed by atoms with Crippen LogP contribution in [-0.2, 0) is 27.0 Å². The monoisotopic (exact) mass is 404 g/mol. The molecular formula is C21H25FN2O3S. The molecule has 0 atom stereocenters. The summed E-state index contributed by atoms with van der Waals surface area (Å²) in [6.07, 6.45) is 1.81. The van der Waals surface area contributed by atoms with Crippen LogP contribution in [0.25, 0.3) is 0 Å². The van der Waals surface area contributed by atoms with Gasteiger partial charge in [-0.1, -0.05) is 37.3 Å². The summed E-state index contributed by atoms with van der Waals surface area (Å²) in [5.41, 5.74) is 2.45. The molecule has 1 N–H and O–H groups in total. The van der Waals surface area contributed by atoms with Crippen molar-refractivity contribution in [1.29, 1.82) is 0 Å². The van der Waals surface area contributed by atoms with Crippen LogP contribution < -0.4 is 5.32 Å². The Balaban J connectivity index is 1.57. The standard InChI is InChI=1S/C21H25FN2O3S/c1-2-17-5-3-4-6-20(17)23-21(25)18-11-13-24(14-12-18)28(26,27)15-16-7-9-19(22)10-8-16/h3-10,18H,2,11-15H2,1H3,(H,23,25). The van der Waals surface area contributed by atoms with Crippen LogP contribution in [0, 0.1) is 11.7 Å². The lowest BCUT2D eigenvalue weighted by Gasteiger charge is -2.30. The maximum Gasteiger partial charge on any atom is 0.227 e. The Morgan fingerprint density at radius 1 is 1.11 bits per heavy atom. The number of amides is 1. The molecule has 0 spiro atoms. The number of para-hydroxylation sites is 1. The lowest BCUT2D eigenvalue weighted by Crippen LogP contribution is -2.41. The molecule has 2 aromatic rings. The van der Waals surface area contributed by atoms with E-state index in [2.05, 4.69) is 5.32 Å². The molecule has 1 heterocycles. The molecule has 1 saturated heterocycles. The van der Waals surface area contributed by atoms with Gasteiger partial charge in [-0.05, 0) is 48.6 Å². The second-order valence-electron chi connectivity index (χ2n) is 7.06. The molecular weight excluding hydrogens is 379 g/mol. The van der Waals surface area contributed by atoms with Crippen molar-refractivity contribution >= 4 is 21.6 Å². The summed E-state index contributed by atoms with van der Waals surface area (Å²) < 4.78 is 39.7. The molecule has 2 aromatic carbocycles. The Morgan fingerprint density at radius 3 is 2.39 bits per heavy atom. The first-order valence-corrected chi connectivity index (χ1v) is 11.1. The van der Waals surface area contributed by atoms with E-state index in [-0.39, 0.29) is 17.6 Å². The molecule has 0 aliphatic carbocycles. The van der Waals surface area contributed by atoms with Crippen LogP contribution in [0.2, 0.25) is 0 Å². The fourth-order valence-corrected chi connectivity index (χ4v) is 5.03. The minimum absolute atomic E-state index is 0.0588. The highest BCUT2D eigenvalue weighted by atomic mass is 32.2. The van der Waals surface area contributed by atoms with Gasteiger partial charge in [0.2, 0.25) is 15.9 Å². The fraction of sp³-hybridized carbons (Fsp3) is 0.381. The van der Waals surface area contributed by atoms with E-state index in [1.807, 2.05) is 31.2 Å². The van der Waals surface area contributed by atoms with Crippen molar-refractivity contribution in [2.24, 2.45) is 5.92 Å². The SMILES string of the molecule is CCc1ccccc1NC(=O)C1CCN(S(=O)(=O)Cc2ccc(F)cc2)CC1. The molecule has 0 radical (unpaired) electrons. The van der Waals surface area contributed by atoms with Gasteiger partial charge in [0.15, 0.2) is 0 Å². The van der Waals surface area contributed by atoms with Crippen LogP contribution >= 0.6 is 0 Å². The minimum atomic E-state index is -3.49. The van der Waals surface area contributed by atoms with Crippen LogP contribution in [0.5, 0.6) is 0 Å². The first kappa shape index (κ1) is 20.5. The molecule has 3 rings (SSSR count). The van der Waals surface area contributed by atoms with Gasteiger partial charge in [-0.2, -0.15) is 0 Å². The number of aryl methyl sites for hydroxylation is 1. The Kier molecular flexibility index (Phi) is 6.46. The molecule has 1 fully saturated rings. The summed E-state index contributed by atoms with van der Waals surface area (Å²) in [7, 11) is -3.49. The quantitative estimate of drug-likeness (QED) is 0.800. The fourth-order valence-electron chi connectivity index (χ4n) is 3.46. The predicted octanol–water partition coefficient (Wildman–Crippen LogP) is 3.57. The number of rotatable bonds is 6. The molecule has 0 bridgehead atoms. The van der Waals surface area contributed by atoms with Crippen LogP contribution in [-0.4, -0.2) is 31.7 Å². The van der Waals surface area contributed by atoms with Crippen molar-refractivity contribution in [3.8, 4) is 0 Å². The van der Waals surface area contributed by atoms with E-state index in [0.29, 0.717) is 31.5 Å². The van der Waals surface area contributed by atoms with E-state index < -0.39 is 15.8 Å². The van der Waals surface area contributed by atoms with E-state index in [1.54, 1.807) is 0 Å². The number of hydrogen-bond donors (Lipinski definition) is 1. The number of nitrogens with one attached hydrogen (secondary N) is 1. The summed E-state index contributed by atoms with van der Waals surface area (Å²) >= 11 is 0. The summed E-state index contributed by atoms with van der Waals surface area (Å²) in [4.78, 5) is 12.6. The summed E-state index contributed by atoms with van der Waals surface area (Å²) in [5.74, 6) is -0.815. The van der Waals surface area contributed by atoms with Crippen molar-refractivity contribution in [1.82, 2.24) is 4.31 Å². The predicted molar refractivity (Wildman–Crippen MR) is 108 cm³/mol. The molecule has 1 amide bonds. The van der Waals surface area contributed by atoms with Crippen LogP contribution in [0.15, 0.2) is 48.5 Å². The van der Waals surface area contributed by atoms with Crippen molar-refractivity contribution in [2.75, 3.05) is 18.4 Å². The van der Waals surface area contributed by atoms with Gasteiger partial charge in [-0.3, -0.25) is 4.79 Å². The number of piperidine rings is 1. The first-order chi connectivity index (χ1) is 13.4. The van der Waals surface area contributed by atoms with Crippen LogP contribution in [0.4, 0.5) is 10.1 Å². The summed E-state index contributed by atoms with van der Waals surface area (Å²) in [6.45, 7) is 2.67. The van der Waals surface area contributed by atoms with E-state index >= 15 is 0 Å². The molecule has 1 aliphatic rings. The number of hydrogen-bond acceptors (Lipinski definition) is 3. The zero-order valence-corrected chi connectivity index (χ0v) is 16.7. The Bertz CT molecular complexity index is 921. The number of benzene rings is 2. The molecule has 7 heteroatoms. The lowest BCUT2D eigenvalue weighted by molar-refractivity contribution is -0.120. The van der Waals surface area contributed by atoms with Crippen molar-refractivity contribution in [3.05, 3.63) is 65.5 Å². The third-order valence-corrected chi connectivity index (χ3v) is 6.99. The van der Waals surface area contributed by atoms with Gasteiger partial charge in [0.05, 0.1) is 5.75 Å². The van der Waals surface area contributed by atoms with Gasteiger partial charge in [0, 0.05) is 24.7 Å². The largest absolute Gasteiger partial charge is 0.326 e. The highest BCUT2D eigenvalue weighted by Gasteiger charge is 2.31. The number of nitrogens with zero attached hydrogens (tertiary/aromatic N) is 1. The summed E-state index contributed by atoms with van der Waals surface area (Å²) in [6, 6.07) is 13.2. The van der Waals surface area contributed by atoms with Gasteiger partial charge < -0.3 is 5.32 Å². The third-order valence-electron chi connectivity index (χ3n) is 5.14. The Hall–Kier alpha value is -2.25. The topological polar surface area (TPSA) is 66.5 Å². The van der Waals surface area contributed by atoms with Crippen molar-refractivity contribution in [3.63, 3.8) is 0 Å². The molecule has 5 nitrogen and oxygen atoms in total. The van der Waals surface area contributed by atoms with Crippen LogP contribution in [0.3, 0.4) is 0 Å². The molecule has 28 heavy (non-hydrogen) atoms. The molecule has 0 aromatic heterocycles. The highest BCUT2D eigenvalue weighted by molar-refractivity contribution is 7.88. The Morgan fingerprint density at radius 2 is 1.75 bits per heavy atom. The molecule has 0 saturated carbocycles. The van der Waals surface area contributed by atoms with Gasteiger partial charge in [-0.25, -0.2) is 17.1 Å². The van der Waals surface area contributed by atoms with Crippen LogP contribution in [0.1, 0.15) is 30.9 Å². The van der Waals surface area contributed by atoms with Gasteiger partial charge in [-0.15, -0.1) is 0 Å². The molecule has 0 unspecified atom stereocenters. The zero-order chi connectivity index (χ0) is 20.1. The maximum absolute atomic E-state index is 13.0. The van der Waals surface area contributed by atoms with E-state index in [9.17, 15) is 17.6 Å². The highest BCUT2D eigenvalue weighted by Crippen LogP contribution is 2.24. The average molecular weight is 405 g/mol. The second-order valence-corrected chi connectivity index (χ2v) is 9.02. The average Bonchev–Trinajstić information content (AvgIpc) is 2.70. The van der Waals surface area contributed by atoms with Gasteiger partial charge in [0.25, 0.3) is 0 Å². The van der Waals surface area contributed by atoms with Gasteiger partial charge in [0.1, 0.15) is 5.82 Å². The van der Waals surface area contributed by atoms with Crippen molar-refractivity contribution < 1.29 is 17.6 Å². The molecule has 150 valence electrons. The maximum atomic E-state index is 13.0. The lowest BCUT2D eigenvalue weighted by atomic mass is 9.97. The summed E-state index contributed by atoms with van der Waals surface area (Å²) in [5, 5.41) is 2.99. The normalized spacial score (nSPS) is 16.1. The van der Waals surface area contributed by atoms with E-state index in [0.717, 1.165) is 17.7 Å². The third kappa shape index (κ3) is 4.97. The van der Waals surface area contributed by atoms with Crippen molar-refractivity contribution in [2.45, 2.75) is 31.9 Å².